The summed E-state index contributed by atoms with van der Waals surface area (Å²) in [6, 6.07) is 8.71. The van der Waals surface area contributed by atoms with E-state index in [1.54, 1.807) is 24.3 Å². The number of hydrogen-bond acceptors (Lipinski definition) is 3. The molecule has 6 atom stereocenters. The largest absolute Gasteiger partial charge is 0.508 e. The molecule has 0 aromatic heterocycles. The van der Waals surface area contributed by atoms with Gasteiger partial charge in [0.15, 0.2) is 0 Å². The molecule has 0 aliphatic heterocycles. The molecule has 4 fully saturated rings. The van der Waals surface area contributed by atoms with Crippen molar-refractivity contribution in [3.63, 3.8) is 0 Å². The van der Waals surface area contributed by atoms with Gasteiger partial charge in [-0.1, -0.05) is 38.1 Å². The number of phenolic OH excluding ortho intramolecular Hbond substituents is 1. The average Bonchev–Trinajstić information content (AvgIpc) is 2.86. The zero-order valence-electron chi connectivity index (χ0n) is 18.4. The number of aliphatic hydroxyl groups is 1. The molecule has 1 aromatic rings. The minimum absolute atomic E-state index is 0.107. The van der Waals surface area contributed by atoms with Crippen LogP contribution in [0.2, 0.25) is 0 Å². The van der Waals surface area contributed by atoms with Crippen molar-refractivity contribution in [3.8, 4) is 5.75 Å². The number of carboxylic acids is 1. The molecule has 4 aliphatic rings. The Hall–Kier alpha value is -1.81. The molecule has 4 aliphatic carbocycles. The Balaban J connectivity index is 0.000000265. The second-order valence-electron chi connectivity index (χ2n) is 11.0. The summed E-state index contributed by atoms with van der Waals surface area (Å²) in [4.78, 5) is 12.0. The van der Waals surface area contributed by atoms with E-state index in [9.17, 15) is 15.0 Å². The van der Waals surface area contributed by atoms with Crippen LogP contribution in [0.4, 0.5) is 0 Å². The molecule has 0 heterocycles. The van der Waals surface area contributed by atoms with Gasteiger partial charge in [0.2, 0.25) is 0 Å². The molecule has 2 bridgehead atoms. The third-order valence-corrected chi connectivity index (χ3v) is 9.40. The Kier molecular flexibility index (Phi) is 5.08. The van der Waals surface area contributed by atoms with Gasteiger partial charge in [-0.05, 0) is 98.7 Å². The summed E-state index contributed by atoms with van der Waals surface area (Å²) in [5.41, 5.74) is 0.128. The summed E-state index contributed by atoms with van der Waals surface area (Å²) in [7, 11) is 0. The third-order valence-electron chi connectivity index (χ3n) is 9.40. The molecule has 3 N–H and O–H groups in total. The normalized spacial score (nSPS) is 44.3. The van der Waals surface area contributed by atoms with E-state index in [1.165, 1.54) is 0 Å². The fraction of sp³-hybridized carbons (Fsp3) is 0.654. The van der Waals surface area contributed by atoms with Crippen LogP contribution >= 0.6 is 0 Å². The molecule has 0 saturated heterocycles. The Bertz CT molecular complexity index is 835. The Morgan fingerprint density at radius 3 is 2.30 bits per heavy atom. The van der Waals surface area contributed by atoms with Crippen molar-refractivity contribution in [1.29, 1.82) is 0 Å². The monoisotopic (exact) mass is 412 g/mol. The summed E-state index contributed by atoms with van der Waals surface area (Å²) >= 11 is 0. The molecule has 4 nitrogen and oxygen atoms in total. The van der Waals surface area contributed by atoms with Gasteiger partial charge < -0.3 is 15.3 Å². The van der Waals surface area contributed by atoms with Gasteiger partial charge in [0.25, 0.3) is 0 Å². The lowest BCUT2D eigenvalue weighted by Gasteiger charge is -2.63. The molecule has 5 rings (SSSR count). The van der Waals surface area contributed by atoms with Crippen LogP contribution in [0.25, 0.3) is 0 Å². The Labute approximate surface area is 180 Å². The van der Waals surface area contributed by atoms with Crippen LogP contribution in [0.1, 0.15) is 71.6 Å². The lowest BCUT2D eigenvalue weighted by atomic mass is 9.41. The first kappa shape index (κ1) is 21.4. The van der Waals surface area contributed by atoms with Gasteiger partial charge >= 0.3 is 5.97 Å². The van der Waals surface area contributed by atoms with Crippen LogP contribution in [-0.2, 0) is 4.79 Å². The van der Waals surface area contributed by atoms with Gasteiger partial charge in [-0.25, -0.2) is 0 Å². The van der Waals surface area contributed by atoms with Crippen molar-refractivity contribution in [1.82, 2.24) is 0 Å². The molecule has 1 aromatic carbocycles. The number of hydrogen-bond donors (Lipinski definition) is 3. The van der Waals surface area contributed by atoms with Crippen LogP contribution in [-0.4, -0.2) is 26.9 Å². The maximum absolute atomic E-state index is 12.0. The van der Waals surface area contributed by atoms with Crippen LogP contribution in [0.5, 0.6) is 5.75 Å². The lowest BCUT2D eigenvalue weighted by Crippen LogP contribution is -2.59. The standard InChI is InChI=1S/C20H30O3.C6H6O/c1-13-11-19-9-5-14-17(2,7-4-8-18(14,3)16(21)22)15(19)6-10-20(13,23)12-19;7-6-4-2-1-3-5-6/h14-15,23H,1,4-12H2,2-3H3,(H,21,22);1-5,7H/t14-,15-,17+,18+,19+,20-;/m0./s1. The van der Waals surface area contributed by atoms with Crippen molar-refractivity contribution in [2.75, 3.05) is 0 Å². The molecule has 1 spiro atoms. The molecule has 164 valence electrons. The Morgan fingerprint density at radius 1 is 1.03 bits per heavy atom. The minimum atomic E-state index is -0.634. The third kappa shape index (κ3) is 3.10. The smallest absolute Gasteiger partial charge is 0.309 e. The molecular weight excluding hydrogens is 376 g/mol. The van der Waals surface area contributed by atoms with E-state index < -0.39 is 17.0 Å². The van der Waals surface area contributed by atoms with Crippen LogP contribution in [0, 0.1) is 28.1 Å². The minimum Gasteiger partial charge on any atom is -0.508 e. The van der Waals surface area contributed by atoms with Gasteiger partial charge in [0.05, 0.1) is 11.0 Å². The number of para-hydroxylation sites is 1. The van der Waals surface area contributed by atoms with Gasteiger partial charge in [-0.15, -0.1) is 0 Å². The number of aromatic hydroxyl groups is 1. The van der Waals surface area contributed by atoms with Crippen LogP contribution < -0.4 is 0 Å². The number of phenols is 1. The fourth-order valence-corrected chi connectivity index (χ4v) is 8.03. The summed E-state index contributed by atoms with van der Waals surface area (Å²) in [6.45, 7) is 8.55. The molecule has 4 saturated carbocycles. The summed E-state index contributed by atoms with van der Waals surface area (Å²) < 4.78 is 0. The molecule has 4 heteroatoms. The maximum Gasteiger partial charge on any atom is 0.309 e. The van der Waals surface area contributed by atoms with Crippen molar-refractivity contribution in [2.24, 2.45) is 28.1 Å². The van der Waals surface area contributed by atoms with Crippen molar-refractivity contribution >= 4 is 5.97 Å². The van der Waals surface area contributed by atoms with E-state index in [-0.39, 0.29) is 16.7 Å². The zero-order valence-corrected chi connectivity index (χ0v) is 18.4. The molecule has 0 radical (unpaired) electrons. The Morgan fingerprint density at radius 2 is 1.70 bits per heavy atom. The molecule has 0 amide bonds. The number of aliphatic carboxylic acids is 1. The maximum atomic E-state index is 12.0. The number of carboxylic acid groups (broad SMARTS) is 1. The number of benzene rings is 1. The summed E-state index contributed by atoms with van der Waals surface area (Å²) in [6.07, 6.45) is 8.75. The highest BCUT2D eigenvalue weighted by Gasteiger charge is 2.67. The van der Waals surface area contributed by atoms with E-state index in [0.717, 1.165) is 63.4 Å². The van der Waals surface area contributed by atoms with E-state index in [4.69, 9.17) is 5.11 Å². The first-order valence-corrected chi connectivity index (χ1v) is 11.4. The highest BCUT2D eigenvalue weighted by molar-refractivity contribution is 5.75. The quantitative estimate of drug-likeness (QED) is 0.529. The first-order valence-electron chi connectivity index (χ1n) is 11.4. The van der Waals surface area contributed by atoms with Crippen LogP contribution in [0.3, 0.4) is 0 Å². The summed E-state index contributed by atoms with van der Waals surface area (Å²) in [5, 5.41) is 29.4. The van der Waals surface area contributed by atoms with Crippen molar-refractivity contribution in [3.05, 3.63) is 42.5 Å². The highest BCUT2D eigenvalue weighted by atomic mass is 16.4. The highest BCUT2D eigenvalue weighted by Crippen LogP contribution is 2.72. The van der Waals surface area contributed by atoms with E-state index in [0.29, 0.717) is 11.7 Å². The zero-order chi connectivity index (χ0) is 21.8. The lowest BCUT2D eigenvalue weighted by molar-refractivity contribution is -0.186. The predicted molar refractivity (Wildman–Crippen MR) is 117 cm³/mol. The SMILES string of the molecule is C=C1C[C@@]23CC[C@H]4[C@@](C)(CCC[C@@]4(C)C(=O)O)[C@@H]2CC[C@]1(O)C3.Oc1ccccc1. The molecular formula is C26H36O4. The van der Waals surface area contributed by atoms with Gasteiger partial charge in [-0.2, -0.15) is 0 Å². The topological polar surface area (TPSA) is 77.8 Å². The van der Waals surface area contributed by atoms with Crippen LogP contribution in [0.15, 0.2) is 42.5 Å². The molecule has 30 heavy (non-hydrogen) atoms. The number of fused-ring (bicyclic) bond motifs is 3. The second-order valence-corrected chi connectivity index (χ2v) is 11.0. The van der Waals surface area contributed by atoms with E-state index >= 15 is 0 Å². The number of carbonyl (C=O) groups is 1. The second kappa shape index (κ2) is 7.12. The fourth-order valence-electron chi connectivity index (χ4n) is 8.03. The van der Waals surface area contributed by atoms with Gasteiger partial charge in [0.1, 0.15) is 5.75 Å². The van der Waals surface area contributed by atoms with E-state index in [2.05, 4.69) is 13.5 Å². The van der Waals surface area contributed by atoms with Crippen molar-refractivity contribution < 1.29 is 20.1 Å². The first-order chi connectivity index (χ1) is 14.1. The van der Waals surface area contributed by atoms with Crippen molar-refractivity contribution in [2.45, 2.75) is 77.2 Å². The van der Waals surface area contributed by atoms with E-state index in [1.807, 2.05) is 13.0 Å². The van der Waals surface area contributed by atoms with Gasteiger partial charge in [-0.3, -0.25) is 4.79 Å². The van der Waals surface area contributed by atoms with Gasteiger partial charge in [0, 0.05) is 0 Å². The summed E-state index contributed by atoms with van der Waals surface area (Å²) in [5.74, 6) is 0.541. The predicted octanol–water partition coefficient (Wildman–Crippen LogP) is 5.55. The number of rotatable bonds is 1. The molecule has 0 unspecified atom stereocenters. The average molecular weight is 413 g/mol.